The molecule has 3 rings (SSSR count). The number of aromatic amines is 1. The quantitative estimate of drug-likeness (QED) is 0.592. The maximum Gasteiger partial charge on any atom is 0.255 e. The van der Waals surface area contributed by atoms with E-state index in [0.29, 0.717) is 16.5 Å². The monoisotopic (exact) mass is 309 g/mol. The van der Waals surface area contributed by atoms with Gasteiger partial charge in [-0.05, 0) is 19.1 Å². The lowest BCUT2D eigenvalue weighted by Gasteiger charge is -2.07. The molecule has 0 aliphatic rings. The standard InChI is InChI=1S/C17H15N3OS/c1-12-15(13-7-3-2-4-8-13)19-17(20-16(12)21)22-11-14-9-5-6-10-18-14/h2-10H,11H2,1H3,(H,19,20,21). The molecule has 4 nitrogen and oxygen atoms in total. The highest BCUT2D eigenvalue weighted by Crippen LogP contribution is 2.23. The molecule has 0 atom stereocenters. The van der Waals surface area contributed by atoms with Crippen LogP contribution in [0.15, 0.2) is 64.7 Å². The number of hydrogen-bond acceptors (Lipinski definition) is 4. The van der Waals surface area contributed by atoms with Gasteiger partial charge in [0.05, 0.1) is 11.4 Å². The van der Waals surface area contributed by atoms with Crippen molar-refractivity contribution in [3.05, 3.63) is 76.3 Å². The number of nitrogens with one attached hydrogen (secondary N) is 1. The van der Waals surface area contributed by atoms with E-state index in [0.717, 1.165) is 17.0 Å². The van der Waals surface area contributed by atoms with Crippen LogP contribution in [-0.4, -0.2) is 15.0 Å². The highest BCUT2D eigenvalue weighted by molar-refractivity contribution is 7.98. The third-order valence-corrected chi connectivity index (χ3v) is 4.17. The van der Waals surface area contributed by atoms with Crippen molar-refractivity contribution in [3.63, 3.8) is 0 Å². The maximum absolute atomic E-state index is 12.1. The Labute approximate surface area is 132 Å². The second-order valence-corrected chi connectivity index (χ2v) is 5.78. The first-order chi connectivity index (χ1) is 10.7. The minimum Gasteiger partial charge on any atom is -0.301 e. The molecule has 5 heteroatoms. The van der Waals surface area contributed by atoms with Crippen LogP contribution in [0, 0.1) is 6.92 Å². The summed E-state index contributed by atoms with van der Waals surface area (Å²) in [5.74, 6) is 0.668. The molecule has 110 valence electrons. The van der Waals surface area contributed by atoms with E-state index in [9.17, 15) is 4.79 Å². The van der Waals surface area contributed by atoms with E-state index >= 15 is 0 Å². The maximum atomic E-state index is 12.1. The smallest absolute Gasteiger partial charge is 0.255 e. The molecule has 0 spiro atoms. The Kier molecular flexibility index (Phi) is 4.34. The average Bonchev–Trinajstić information content (AvgIpc) is 2.57. The van der Waals surface area contributed by atoms with Gasteiger partial charge >= 0.3 is 0 Å². The van der Waals surface area contributed by atoms with E-state index < -0.39 is 0 Å². The van der Waals surface area contributed by atoms with Crippen molar-refractivity contribution in [2.75, 3.05) is 0 Å². The van der Waals surface area contributed by atoms with E-state index in [-0.39, 0.29) is 5.56 Å². The summed E-state index contributed by atoms with van der Waals surface area (Å²) < 4.78 is 0. The highest BCUT2D eigenvalue weighted by atomic mass is 32.2. The summed E-state index contributed by atoms with van der Waals surface area (Å²) in [5.41, 5.74) is 3.17. The summed E-state index contributed by atoms with van der Waals surface area (Å²) in [6.45, 7) is 1.79. The van der Waals surface area contributed by atoms with Gasteiger partial charge in [-0.3, -0.25) is 9.78 Å². The van der Waals surface area contributed by atoms with Gasteiger partial charge < -0.3 is 4.98 Å². The van der Waals surface area contributed by atoms with Crippen LogP contribution in [0.5, 0.6) is 0 Å². The molecule has 0 radical (unpaired) electrons. The topological polar surface area (TPSA) is 58.6 Å². The van der Waals surface area contributed by atoms with Gasteiger partial charge in [-0.2, -0.15) is 0 Å². The molecule has 22 heavy (non-hydrogen) atoms. The minimum atomic E-state index is -0.0997. The van der Waals surface area contributed by atoms with Crippen molar-refractivity contribution in [1.29, 1.82) is 0 Å². The van der Waals surface area contributed by atoms with Gasteiger partial charge in [-0.25, -0.2) is 4.98 Å². The van der Waals surface area contributed by atoms with E-state index in [1.807, 2.05) is 48.5 Å². The van der Waals surface area contributed by atoms with Crippen molar-refractivity contribution in [2.24, 2.45) is 0 Å². The lowest BCUT2D eigenvalue weighted by atomic mass is 10.1. The van der Waals surface area contributed by atoms with Crippen LogP contribution in [0.3, 0.4) is 0 Å². The zero-order chi connectivity index (χ0) is 15.4. The summed E-state index contributed by atoms with van der Waals surface area (Å²) in [6.07, 6.45) is 1.76. The van der Waals surface area contributed by atoms with Crippen LogP contribution < -0.4 is 5.56 Å². The van der Waals surface area contributed by atoms with Crippen molar-refractivity contribution in [2.45, 2.75) is 17.8 Å². The number of nitrogens with zero attached hydrogens (tertiary/aromatic N) is 2. The van der Waals surface area contributed by atoms with Crippen molar-refractivity contribution >= 4 is 11.8 Å². The van der Waals surface area contributed by atoms with Crippen LogP contribution in [0.2, 0.25) is 0 Å². The zero-order valence-electron chi connectivity index (χ0n) is 12.1. The molecule has 0 unspecified atom stereocenters. The summed E-state index contributed by atoms with van der Waals surface area (Å²) in [5, 5.41) is 0.611. The predicted octanol–water partition coefficient (Wildman–Crippen LogP) is 3.43. The first-order valence-corrected chi connectivity index (χ1v) is 7.91. The van der Waals surface area contributed by atoms with Gasteiger partial charge in [0.25, 0.3) is 5.56 Å². The number of hydrogen-bond donors (Lipinski definition) is 1. The highest BCUT2D eigenvalue weighted by Gasteiger charge is 2.10. The Balaban J connectivity index is 1.90. The van der Waals surface area contributed by atoms with Crippen LogP contribution >= 0.6 is 11.8 Å². The molecule has 1 aromatic carbocycles. The van der Waals surface area contributed by atoms with Crippen molar-refractivity contribution < 1.29 is 0 Å². The molecule has 0 aliphatic heterocycles. The molecular weight excluding hydrogens is 294 g/mol. The Morgan fingerprint density at radius 1 is 1.09 bits per heavy atom. The van der Waals surface area contributed by atoms with Gasteiger partial charge in [0.15, 0.2) is 5.16 Å². The Morgan fingerprint density at radius 3 is 2.59 bits per heavy atom. The summed E-state index contributed by atoms with van der Waals surface area (Å²) in [7, 11) is 0. The predicted molar refractivity (Wildman–Crippen MR) is 88.8 cm³/mol. The van der Waals surface area contributed by atoms with E-state index in [1.54, 1.807) is 13.1 Å². The second-order valence-electron chi connectivity index (χ2n) is 4.82. The van der Waals surface area contributed by atoms with Crippen molar-refractivity contribution in [1.82, 2.24) is 15.0 Å². The fourth-order valence-corrected chi connectivity index (χ4v) is 2.86. The summed E-state index contributed by atoms with van der Waals surface area (Å²) in [6, 6.07) is 15.5. The van der Waals surface area contributed by atoms with Gasteiger partial charge in [-0.1, -0.05) is 48.2 Å². The second kappa shape index (κ2) is 6.58. The van der Waals surface area contributed by atoms with Gasteiger partial charge in [0.1, 0.15) is 0 Å². The summed E-state index contributed by atoms with van der Waals surface area (Å²) in [4.78, 5) is 23.8. The number of thioether (sulfide) groups is 1. The number of benzene rings is 1. The minimum absolute atomic E-state index is 0.0997. The molecule has 1 N–H and O–H groups in total. The van der Waals surface area contributed by atoms with Crippen molar-refractivity contribution in [3.8, 4) is 11.3 Å². The van der Waals surface area contributed by atoms with Crippen LogP contribution in [-0.2, 0) is 5.75 Å². The number of pyridine rings is 1. The normalized spacial score (nSPS) is 10.6. The van der Waals surface area contributed by atoms with Crippen LogP contribution in [0.25, 0.3) is 11.3 Å². The number of rotatable bonds is 4. The van der Waals surface area contributed by atoms with E-state index in [2.05, 4.69) is 15.0 Å². The first kappa shape index (κ1) is 14.5. The number of aromatic nitrogens is 3. The fourth-order valence-electron chi connectivity index (χ4n) is 2.08. The molecule has 0 fully saturated rings. The molecule has 0 saturated carbocycles. The SMILES string of the molecule is Cc1c(-c2ccccc2)nc(SCc2ccccn2)[nH]c1=O. The van der Waals surface area contributed by atoms with E-state index in [1.165, 1.54) is 11.8 Å². The lowest BCUT2D eigenvalue weighted by molar-refractivity contribution is 0.922. The van der Waals surface area contributed by atoms with Gasteiger partial charge in [0.2, 0.25) is 0 Å². The molecule has 0 amide bonds. The molecule has 0 bridgehead atoms. The van der Waals surface area contributed by atoms with Crippen LogP contribution in [0.4, 0.5) is 0 Å². The molecule has 2 heterocycles. The zero-order valence-corrected chi connectivity index (χ0v) is 12.9. The first-order valence-electron chi connectivity index (χ1n) is 6.93. The lowest BCUT2D eigenvalue weighted by Crippen LogP contribution is -2.14. The molecule has 3 aromatic rings. The fraction of sp³-hybridized carbons (Fsp3) is 0.118. The Hall–Kier alpha value is -2.40. The molecule has 0 aliphatic carbocycles. The van der Waals surface area contributed by atoms with Gasteiger partial charge in [-0.15, -0.1) is 0 Å². The Bertz CT molecular complexity index is 816. The van der Waals surface area contributed by atoms with Crippen LogP contribution in [0.1, 0.15) is 11.3 Å². The number of H-pyrrole nitrogens is 1. The van der Waals surface area contributed by atoms with E-state index in [4.69, 9.17) is 0 Å². The van der Waals surface area contributed by atoms with Gasteiger partial charge in [0, 0.05) is 23.1 Å². The molecule has 2 aromatic heterocycles. The third-order valence-electron chi connectivity index (χ3n) is 3.26. The third kappa shape index (κ3) is 3.26. The summed E-state index contributed by atoms with van der Waals surface area (Å²) >= 11 is 1.48. The molecule has 0 saturated heterocycles. The average molecular weight is 309 g/mol. The Morgan fingerprint density at radius 2 is 1.86 bits per heavy atom. The molecular formula is C17H15N3OS. The largest absolute Gasteiger partial charge is 0.301 e.